The van der Waals surface area contributed by atoms with E-state index in [1.54, 1.807) is 0 Å². The molecule has 1 heterocycles. The predicted molar refractivity (Wildman–Crippen MR) is 76.1 cm³/mol. The summed E-state index contributed by atoms with van der Waals surface area (Å²) in [5, 5.41) is 11.9. The molecule has 5 nitrogen and oxygen atoms in total. The van der Waals surface area contributed by atoms with Crippen LogP contribution in [0.1, 0.15) is 37.0 Å². The van der Waals surface area contributed by atoms with Crippen LogP contribution in [0.4, 0.5) is 5.69 Å². The standard InChI is InChI=1S/C13H20ClN3O2/c1-13(2,4-3-5-18)8-17-12(19)9-6-11(14)16-7-10(9)15/h6-7,18H,3-5,8,15H2,1-2H3,(H,17,19). The van der Waals surface area contributed by atoms with Crippen LogP contribution in [-0.4, -0.2) is 29.1 Å². The van der Waals surface area contributed by atoms with Crippen LogP contribution in [0, 0.1) is 5.41 Å². The normalized spacial score (nSPS) is 11.4. The number of aliphatic hydroxyl groups is 1. The van der Waals surface area contributed by atoms with Gasteiger partial charge in [0.15, 0.2) is 0 Å². The topological polar surface area (TPSA) is 88.2 Å². The zero-order valence-electron chi connectivity index (χ0n) is 11.2. The fourth-order valence-electron chi connectivity index (χ4n) is 1.70. The summed E-state index contributed by atoms with van der Waals surface area (Å²) >= 11 is 5.75. The van der Waals surface area contributed by atoms with Crippen molar-refractivity contribution in [1.82, 2.24) is 10.3 Å². The van der Waals surface area contributed by atoms with Gasteiger partial charge in [0, 0.05) is 13.2 Å². The van der Waals surface area contributed by atoms with Gasteiger partial charge in [-0.05, 0) is 24.3 Å². The molecule has 0 spiro atoms. The predicted octanol–water partition coefficient (Wildman–Crippen LogP) is 1.85. The number of hydrogen-bond donors (Lipinski definition) is 3. The van der Waals surface area contributed by atoms with E-state index in [1.807, 2.05) is 13.8 Å². The Morgan fingerprint density at radius 3 is 2.89 bits per heavy atom. The molecule has 0 saturated heterocycles. The van der Waals surface area contributed by atoms with Crippen molar-refractivity contribution < 1.29 is 9.90 Å². The summed E-state index contributed by atoms with van der Waals surface area (Å²) in [6.45, 7) is 4.73. The van der Waals surface area contributed by atoms with Crippen molar-refractivity contribution >= 4 is 23.2 Å². The third-order valence-corrected chi connectivity index (χ3v) is 3.09. The van der Waals surface area contributed by atoms with Gasteiger partial charge in [0.2, 0.25) is 0 Å². The van der Waals surface area contributed by atoms with E-state index >= 15 is 0 Å². The van der Waals surface area contributed by atoms with Crippen LogP contribution in [0.2, 0.25) is 5.15 Å². The maximum Gasteiger partial charge on any atom is 0.253 e. The molecule has 0 atom stereocenters. The number of aromatic nitrogens is 1. The first-order valence-electron chi connectivity index (χ1n) is 6.16. The lowest BCUT2D eigenvalue weighted by Crippen LogP contribution is -2.34. The summed E-state index contributed by atoms with van der Waals surface area (Å²) in [6, 6.07) is 1.45. The van der Waals surface area contributed by atoms with E-state index in [0.717, 1.165) is 6.42 Å². The van der Waals surface area contributed by atoms with Crippen molar-refractivity contribution in [1.29, 1.82) is 0 Å². The number of pyridine rings is 1. The van der Waals surface area contributed by atoms with E-state index in [0.29, 0.717) is 24.2 Å². The maximum atomic E-state index is 12.0. The lowest BCUT2D eigenvalue weighted by Gasteiger charge is -2.24. The first-order valence-corrected chi connectivity index (χ1v) is 6.53. The summed E-state index contributed by atoms with van der Waals surface area (Å²) in [6.07, 6.45) is 2.91. The van der Waals surface area contributed by atoms with Crippen LogP contribution in [0.5, 0.6) is 0 Å². The number of nitrogens with zero attached hydrogens (tertiary/aromatic N) is 1. The van der Waals surface area contributed by atoms with Gasteiger partial charge in [-0.1, -0.05) is 25.4 Å². The summed E-state index contributed by atoms with van der Waals surface area (Å²) in [5.41, 5.74) is 6.25. The average molecular weight is 286 g/mol. The van der Waals surface area contributed by atoms with Crippen molar-refractivity contribution in [3.05, 3.63) is 23.0 Å². The van der Waals surface area contributed by atoms with Gasteiger partial charge in [0.05, 0.1) is 17.4 Å². The molecule has 106 valence electrons. The molecule has 6 heteroatoms. The van der Waals surface area contributed by atoms with E-state index in [2.05, 4.69) is 10.3 Å². The Morgan fingerprint density at radius 1 is 1.58 bits per heavy atom. The maximum absolute atomic E-state index is 12.0. The van der Waals surface area contributed by atoms with Crippen LogP contribution in [0.15, 0.2) is 12.3 Å². The van der Waals surface area contributed by atoms with Crippen molar-refractivity contribution in [3.8, 4) is 0 Å². The summed E-state index contributed by atoms with van der Waals surface area (Å²) < 4.78 is 0. The number of hydrogen-bond acceptors (Lipinski definition) is 4. The molecular weight excluding hydrogens is 266 g/mol. The SMILES string of the molecule is CC(C)(CCCO)CNC(=O)c1cc(Cl)ncc1N. The number of nitrogens with one attached hydrogen (secondary N) is 1. The molecule has 4 N–H and O–H groups in total. The monoisotopic (exact) mass is 285 g/mol. The second kappa shape index (κ2) is 6.73. The Kier molecular flexibility index (Phi) is 5.57. The van der Waals surface area contributed by atoms with Crippen molar-refractivity contribution in [3.63, 3.8) is 0 Å². The van der Waals surface area contributed by atoms with Crippen molar-refractivity contribution in [2.75, 3.05) is 18.9 Å². The van der Waals surface area contributed by atoms with Gasteiger partial charge >= 0.3 is 0 Å². The Bertz CT molecular complexity index is 450. The Hall–Kier alpha value is -1.33. The first kappa shape index (κ1) is 15.7. The number of nitrogen functional groups attached to an aromatic ring is 1. The number of amides is 1. The Labute approximate surface area is 118 Å². The highest BCUT2D eigenvalue weighted by Crippen LogP contribution is 2.21. The molecule has 0 unspecified atom stereocenters. The average Bonchev–Trinajstić information content (AvgIpc) is 2.36. The Morgan fingerprint density at radius 2 is 2.26 bits per heavy atom. The highest BCUT2D eigenvalue weighted by Gasteiger charge is 2.19. The molecular formula is C13H20ClN3O2. The molecule has 19 heavy (non-hydrogen) atoms. The number of nitrogens with two attached hydrogens (primary N) is 1. The van der Waals surface area contributed by atoms with Gasteiger partial charge in [-0.3, -0.25) is 4.79 Å². The molecule has 0 aliphatic carbocycles. The lowest BCUT2D eigenvalue weighted by molar-refractivity contribution is 0.0933. The van der Waals surface area contributed by atoms with Gasteiger partial charge in [-0.15, -0.1) is 0 Å². The minimum atomic E-state index is -0.265. The second-order valence-electron chi connectivity index (χ2n) is 5.27. The molecule has 0 fully saturated rings. The number of carbonyl (C=O) groups excluding carboxylic acids is 1. The number of halogens is 1. The van der Waals surface area contributed by atoms with E-state index < -0.39 is 0 Å². The van der Waals surface area contributed by atoms with Gasteiger partial charge in [0.25, 0.3) is 5.91 Å². The summed E-state index contributed by atoms with van der Waals surface area (Å²) in [4.78, 5) is 15.8. The molecule has 1 amide bonds. The van der Waals surface area contributed by atoms with Gasteiger partial charge in [0.1, 0.15) is 5.15 Å². The number of rotatable bonds is 6. The summed E-state index contributed by atoms with van der Waals surface area (Å²) in [7, 11) is 0. The highest BCUT2D eigenvalue weighted by molar-refractivity contribution is 6.29. The van der Waals surface area contributed by atoms with E-state index in [1.165, 1.54) is 12.3 Å². The highest BCUT2D eigenvalue weighted by atomic mass is 35.5. The smallest absolute Gasteiger partial charge is 0.253 e. The molecule has 0 aliphatic rings. The zero-order valence-corrected chi connectivity index (χ0v) is 12.0. The minimum absolute atomic E-state index is 0.0794. The van der Waals surface area contributed by atoms with Crippen LogP contribution < -0.4 is 11.1 Å². The third kappa shape index (κ3) is 5.04. The van der Waals surface area contributed by atoms with E-state index in [4.69, 9.17) is 22.4 Å². The molecule has 0 aromatic carbocycles. The van der Waals surface area contributed by atoms with Crippen LogP contribution in [0.25, 0.3) is 0 Å². The molecule has 0 saturated carbocycles. The molecule has 1 aromatic rings. The van der Waals surface area contributed by atoms with E-state index in [9.17, 15) is 4.79 Å². The van der Waals surface area contributed by atoms with Gasteiger partial charge in [-0.25, -0.2) is 4.98 Å². The summed E-state index contributed by atoms with van der Waals surface area (Å²) in [5.74, 6) is -0.265. The van der Waals surface area contributed by atoms with Crippen LogP contribution >= 0.6 is 11.6 Å². The molecule has 1 aromatic heterocycles. The zero-order chi connectivity index (χ0) is 14.5. The number of anilines is 1. The van der Waals surface area contributed by atoms with Gasteiger partial charge in [-0.2, -0.15) is 0 Å². The number of carbonyl (C=O) groups is 1. The lowest BCUT2D eigenvalue weighted by atomic mass is 9.88. The second-order valence-corrected chi connectivity index (χ2v) is 5.66. The third-order valence-electron chi connectivity index (χ3n) is 2.89. The van der Waals surface area contributed by atoms with Crippen molar-refractivity contribution in [2.45, 2.75) is 26.7 Å². The van der Waals surface area contributed by atoms with Crippen molar-refractivity contribution in [2.24, 2.45) is 5.41 Å². The fourth-order valence-corrected chi connectivity index (χ4v) is 1.86. The van der Waals surface area contributed by atoms with Gasteiger partial charge < -0.3 is 16.2 Å². The molecule has 0 radical (unpaired) electrons. The quantitative estimate of drug-likeness (QED) is 0.696. The molecule has 1 rings (SSSR count). The Balaban J connectivity index is 2.62. The molecule has 0 aliphatic heterocycles. The minimum Gasteiger partial charge on any atom is -0.397 e. The van der Waals surface area contributed by atoms with E-state index in [-0.39, 0.29) is 23.1 Å². The fraction of sp³-hybridized carbons (Fsp3) is 0.538. The largest absolute Gasteiger partial charge is 0.397 e. The first-order chi connectivity index (χ1) is 8.85. The number of aliphatic hydroxyl groups excluding tert-OH is 1. The molecule has 0 bridgehead atoms. The van der Waals surface area contributed by atoms with Crippen LogP contribution in [0.3, 0.4) is 0 Å². The van der Waals surface area contributed by atoms with Crippen LogP contribution in [-0.2, 0) is 0 Å².